The van der Waals surface area contributed by atoms with Gasteiger partial charge < -0.3 is 8.98 Å². The van der Waals surface area contributed by atoms with Crippen molar-refractivity contribution >= 4 is 43.7 Å². The molecular weight excluding hydrogens is 509 g/mol. The van der Waals surface area contributed by atoms with Gasteiger partial charge in [0, 0.05) is 27.8 Å². The molecule has 200 valence electrons. The van der Waals surface area contributed by atoms with Gasteiger partial charge in [-0.25, -0.2) is 8.96 Å². The first kappa shape index (κ1) is 23.9. The number of benzene rings is 4. The van der Waals surface area contributed by atoms with Gasteiger partial charge in [0.1, 0.15) is 30.2 Å². The summed E-state index contributed by atoms with van der Waals surface area (Å²) in [4.78, 5) is 0. The van der Waals surface area contributed by atoms with Crippen LogP contribution in [-0.2, 0) is 12.5 Å². The molecule has 4 nitrogen and oxygen atoms in total. The molecule has 7 aromatic rings. The number of hydrogen-bond donors (Lipinski definition) is 0. The first-order chi connectivity index (χ1) is 20.1. The Labute approximate surface area is 238 Å². The maximum atomic E-state index is 16.1. The minimum atomic E-state index is -0.757. The molecule has 0 atom stereocenters. The van der Waals surface area contributed by atoms with Crippen LogP contribution in [0.3, 0.4) is 0 Å². The fourth-order valence-corrected chi connectivity index (χ4v) is 6.08. The highest BCUT2D eigenvalue weighted by Crippen LogP contribution is 2.43. The van der Waals surface area contributed by atoms with Gasteiger partial charge in [0.25, 0.3) is 0 Å². The molecule has 41 heavy (non-hydrogen) atoms. The average Bonchev–Trinajstić information content (AvgIpc) is 3.51. The van der Waals surface area contributed by atoms with Crippen LogP contribution in [0.15, 0.2) is 89.5 Å². The summed E-state index contributed by atoms with van der Waals surface area (Å²) in [6, 6.07) is 25.6. The van der Waals surface area contributed by atoms with Crippen LogP contribution in [0.1, 0.15) is 38.8 Å². The van der Waals surface area contributed by atoms with Crippen molar-refractivity contribution in [3.8, 4) is 23.0 Å². The molecule has 7 rings (SSSR count). The molecule has 0 aliphatic carbocycles. The molecule has 0 bridgehead atoms. The second-order valence-electron chi connectivity index (χ2n) is 11.7. The van der Waals surface area contributed by atoms with Gasteiger partial charge in [0.2, 0.25) is 5.69 Å². The van der Waals surface area contributed by atoms with E-state index < -0.39 is 11.9 Å². The molecule has 3 aromatic heterocycles. The van der Waals surface area contributed by atoms with E-state index in [2.05, 4.69) is 49.7 Å². The number of para-hydroxylation sites is 2. The number of fused-ring (bicyclic) bond motifs is 6. The van der Waals surface area contributed by atoms with E-state index in [9.17, 15) is 5.26 Å². The summed E-state index contributed by atoms with van der Waals surface area (Å²) in [6.07, 6.45) is 2.12. The Morgan fingerprint density at radius 3 is 2.17 bits per heavy atom. The summed E-state index contributed by atoms with van der Waals surface area (Å²) < 4.78 is 35.6. The summed E-state index contributed by atoms with van der Waals surface area (Å²) in [5, 5.41) is 13.1. The van der Waals surface area contributed by atoms with E-state index in [1.807, 2.05) is 79.2 Å². The minimum absolute atomic E-state index is 0.0186. The maximum Gasteiger partial charge on any atom is 0.216 e. The van der Waals surface area contributed by atoms with E-state index in [1.54, 1.807) is 0 Å². The Balaban J connectivity index is 1.65. The lowest BCUT2D eigenvalue weighted by atomic mass is 9.88. The molecule has 3 heterocycles. The minimum Gasteiger partial charge on any atom is -0.453 e. The Bertz CT molecular complexity index is 2240. The molecule has 0 spiro atoms. The Hall–Kier alpha value is -4.95. The average molecular weight is 540 g/mol. The predicted octanol–water partition coefficient (Wildman–Crippen LogP) is 8.79. The fraction of sp³-hybridized carbons (Fsp3) is 0.167. The first-order valence-electron chi connectivity index (χ1n) is 14.2. The Morgan fingerprint density at radius 2 is 1.56 bits per heavy atom. The lowest BCUT2D eigenvalue weighted by Crippen LogP contribution is -2.33. The number of aryl methyl sites for hydroxylation is 2. The lowest BCUT2D eigenvalue weighted by molar-refractivity contribution is -0.661. The molecule has 0 saturated carbocycles. The molecule has 0 unspecified atom stereocenters. The second-order valence-corrected chi connectivity index (χ2v) is 11.7. The third-order valence-corrected chi connectivity index (χ3v) is 8.14. The first-order valence-corrected chi connectivity index (χ1v) is 13.7. The third-order valence-electron chi connectivity index (χ3n) is 8.14. The number of nitrogens with zero attached hydrogens (tertiary/aromatic N) is 3. The molecule has 0 amide bonds. The predicted molar refractivity (Wildman–Crippen MR) is 163 cm³/mol. The van der Waals surface area contributed by atoms with E-state index in [0.717, 1.165) is 38.6 Å². The number of halogens is 1. The van der Waals surface area contributed by atoms with Crippen LogP contribution in [0, 0.1) is 24.1 Å². The van der Waals surface area contributed by atoms with E-state index in [-0.39, 0.29) is 21.9 Å². The van der Waals surface area contributed by atoms with Crippen LogP contribution >= 0.6 is 0 Å². The molecule has 0 fully saturated rings. The number of rotatable bonds is 2. The van der Waals surface area contributed by atoms with Gasteiger partial charge in [0.15, 0.2) is 11.8 Å². The van der Waals surface area contributed by atoms with Crippen molar-refractivity contribution in [2.45, 2.75) is 33.1 Å². The molecule has 5 heteroatoms. The molecule has 4 aromatic carbocycles. The summed E-state index contributed by atoms with van der Waals surface area (Å²) in [5.41, 5.74) is 6.72. The number of pyridine rings is 1. The Kier molecular flexibility index (Phi) is 5.11. The molecule has 0 aliphatic rings. The molecule has 0 radical (unpaired) electrons. The van der Waals surface area contributed by atoms with Crippen molar-refractivity contribution in [3.05, 3.63) is 108 Å². The zero-order valence-corrected chi connectivity index (χ0v) is 23.6. The van der Waals surface area contributed by atoms with E-state index in [0.29, 0.717) is 16.7 Å². The zero-order chi connectivity index (χ0) is 29.5. The Morgan fingerprint density at radius 1 is 0.902 bits per heavy atom. The highest BCUT2D eigenvalue weighted by Gasteiger charge is 2.28. The topological polar surface area (TPSA) is 45.7 Å². The van der Waals surface area contributed by atoms with E-state index in [1.165, 1.54) is 5.56 Å². The fourth-order valence-electron chi connectivity index (χ4n) is 6.08. The van der Waals surface area contributed by atoms with Crippen LogP contribution in [-0.4, -0.2) is 4.57 Å². The van der Waals surface area contributed by atoms with Gasteiger partial charge >= 0.3 is 0 Å². The van der Waals surface area contributed by atoms with Crippen molar-refractivity contribution in [1.82, 2.24) is 4.57 Å². The van der Waals surface area contributed by atoms with Gasteiger partial charge in [-0.1, -0.05) is 69.3 Å². The van der Waals surface area contributed by atoms with Crippen molar-refractivity contribution < 1.29 is 14.7 Å². The van der Waals surface area contributed by atoms with Crippen LogP contribution in [0.25, 0.3) is 60.7 Å². The van der Waals surface area contributed by atoms with E-state index in [4.69, 9.17) is 5.79 Å². The van der Waals surface area contributed by atoms with E-state index >= 15 is 4.39 Å². The second kappa shape index (κ2) is 8.78. The normalized spacial score (nSPS) is 12.5. The van der Waals surface area contributed by atoms with Crippen molar-refractivity contribution in [2.24, 2.45) is 7.05 Å². The summed E-state index contributed by atoms with van der Waals surface area (Å²) in [7, 11) is 2.01. The lowest BCUT2D eigenvalue weighted by Gasteiger charge is -2.17. The van der Waals surface area contributed by atoms with Crippen LogP contribution in [0.4, 0.5) is 4.39 Å². The van der Waals surface area contributed by atoms with Crippen molar-refractivity contribution in [2.75, 3.05) is 0 Å². The van der Waals surface area contributed by atoms with Crippen molar-refractivity contribution in [1.29, 1.82) is 5.26 Å². The molecule has 0 saturated heterocycles. The number of aromatic nitrogens is 2. The van der Waals surface area contributed by atoms with Gasteiger partial charge in [-0.15, -0.1) is 0 Å². The van der Waals surface area contributed by atoms with Gasteiger partial charge in [0.05, 0.1) is 28.9 Å². The van der Waals surface area contributed by atoms with Gasteiger partial charge in [-0.05, 0) is 42.1 Å². The monoisotopic (exact) mass is 539 g/mol. The van der Waals surface area contributed by atoms with Crippen LogP contribution in [0.5, 0.6) is 0 Å². The smallest absolute Gasteiger partial charge is 0.216 e. The van der Waals surface area contributed by atoms with Gasteiger partial charge in [-0.3, -0.25) is 0 Å². The van der Waals surface area contributed by atoms with Crippen molar-refractivity contribution in [3.63, 3.8) is 0 Å². The largest absolute Gasteiger partial charge is 0.453 e. The van der Waals surface area contributed by atoms with Crippen LogP contribution in [0.2, 0.25) is 0 Å². The standard InChI is InChI=1S/C36H29FN3O/c1-21-14-16-26-32-27(37)18-22(19-38)33(40-28-12-8-6-10-24(28)25-11-7-9-13-29(25)40)35(32)41-34(26)31(21)30-17-15-23(20-39(30)5)36(2,3)4/h6-18,20H,1-5H3/q+1/i18D. The molecular formula is C36H29FN3O+. The SMILES string of the molecule is [2H]c1c(C#N)c(-n2c3ccccc3c3ccccc32)c2oc3c(-c4ccc(C(C)(C)C)c[n+]4C)c(C)ccc3c2c1F. The summed E-state index contributed by atoms with van der Waals surface area (Å²) >= 11 is 0. The zero-order valence-electron chi connectivity index (χ0n) is 24.6. The molecule has 0 aliphatic heterocycles. The summed E-state index contributed by atoms with van der Waals surface area (Å²) in [6.45, 7) is 8.55. The highest BCUT2D eigenvalue weighted by atomic mass is 19.1. The maximum absolute atomic E-state index is 16.1. The molecule has 0 N–H and O–H groups in total. The highest BCUT2D eigenvalue weighted by molar-refractivity contribution is 6.15. The number of nitriles is 1. The quantitative estimate of drug-likeness (QED) is 0.206. The third kappa shape index (κ3) is 3.61. The number of furan rings is 1. The van der Waals surface area contributed by atoms with Gasteiger partial charge in [-0.2, -0.15) is 5.26 Å². The number of hydrogen-bond acceptors (Lipinski definition) is 2. The van der Waals surface area contributed by atoms with Crippen LogP contribution < -0.4 is 4.57 Å². The summed E-state index contributed by atoms with van der Waals surface area (Å²) in [5.74, 6) is -0.757.